The van der Waals surface area contributed by atoms with Crippen LogP contribution in [0, 0.1) is 0 Å². The lowest BCUT2D eigenvalue weighted by atomic mass is 10.4. The molecule has 0 unspecified atom stereocenters. The van der Waals surface area contributed by atoms with Gasteiger partial charge in [0.25, 0.3) is 0 Å². The van der Waals surface area contributed by atoms with E-state index in [4.69, 9.17) is 4.74 Å². The zero-order valence-electron chi connectivity index (χ0n) is 7.08. The van der Waals surface area contributed by atoms with Crippen LogP contribution in [-0.2, 0) is 11.2 Å². The highest BCUT2D eigenvalue weighted by Gasteiger charge is 1.95. The molecule has 0 fully saturated rings. The van der Waals surface area contributed by atoms with Crippen LogP contribution in [0.2, 0.25) is 0 Å². The molecule has 0 aliphatic carbocycles. The number of H-pyrrole nitrogens is 1. The van der Waals surface area contributed by atoms with Gasteiger partial charge in [-0.2, -0.15) is 5.21 Å². The summed E-state index contributed by atoms with van der Waals surface area (Å²) in [5.41, 5.74) is 0. The van der Waals surface area contributed by atoms with E-state index in [1.54, 1.807) is 7.11 Å². The average Bonchev–Trinajstić information content (AvgIpc) is 2.57. The maximum absolute atomic E-state index is 4.87. The molecule has 0 aliphatic rings. The van der Waals surface area contributed by atoms with Gasteiger partial charge in [0, 0.05) is 26.6 Å². The summed E-state index contributed by atoms with van der Waals surface area (Å²) in [5.74, 6) is 0.736. The van der Waals surface area contributed by atoms with E-state index < -0.39 is 0 Å². The third kappa shape index (κ3) is 3.40. The third-order valence-corrected chi connectivity index (χ3v) is 1.40. The number of methoxy groups -OCH3 is 1. The van der Waals surface area contributed by atoms with Crippen LogP contribution in [-0.4, -0.2) is 47.4 Å². The van der Waals surface area contributed by atoms with Gasteiger partial charge in [0.2, 0.25) is 0 Å². The summed E-state index contributed by atoms with van der Waals surface area (Å²) in [6.07, 6.45) is 0.792. The number of aromatic amines is 1. The molecule has 0 aromatic carbocycles. The average molecular weight is 171 g/mol. The van der Waals surface area contributed by atoms with Crippen LogP contribution in [0.5, 0.6) is 0 Å². The molecule has 68 valence electrons. The van der Waals surface area contributed by atoms with Crippen molar-refractivity contribution in [3.63, 3.8) is 0 Å². The molecule has 0 aliphatic heterocycles. The molecule has 1 aromatic heterocycles. The lowest BCUT2D eigenvalue weighted by Gasteiger charge is -2.00. The third-order valence-electron chi connectivity index (χ3n) is 1.40. The van der Waals surface area contributed by atoms with E-state index in [0.29, 0.717) is 0 Å². The Balaban J connectivity index is 1.96. The van der Waals surface area contributed by atoms with Gasteiger partial charge >= 0.3 is 0 Å². The number of tetrazole rings is 1. The van der Waals surface area contributed by atoms with Crippen molar-refractivity contribution >= 4 is 0 Å². The molecule has 1 aromatic rings. The molecule has 0 amide bonds. The Morgan fingerprint density at radius 2 is 2.42 bits per heavy atom. The fraction of sp³-hybridized carbons (Fsp3) is 0.833. The molecule has 12 heavy (non-hydrogen) atoms. The number of aromatic nitrogens is 4. The molecular formula is C6H13N5O. The predicted molar refractivity (Wildman–Crippen MR) is 42.6 cm³/mol. The molecule has 6 heteroatoms. The van der Waals surface area contributed by atoms with E-state index in [1.807, 2.05) is 0 Å². The summed E-state index contributed by atoms with van der Waals surface area (Å²) in [4.78, 5) is 0. The number of nitrogens with zero attached hydrogens (tertiary/aromatic N) is 3. The maximum Gasteiger partial charge on any atom is 0.175 e. The normalized spacial score (nSPS) is 10.4. The van der Waals surface area contributed by atoms with E-state index in [1.165, 1.54) is 0 Å². The maximum atomic E-state index is 4.87. The molecule has 0 saturated carbocycles. The summed E-state index contributed by atoms with van der Waals surface area (Å²) < 4.78 is 4.87. The van der Waals surface area contributed by atoms with E-state index in [0.717, 1.165) is 31.9 Å². The summed E-state index contributed by atoms with van der Waals surface area (Å²) in [5, 5.41) is 16.7. The molecule has 0 spiro atoms. The molecule has 0 atom stereocenters. The second-order valence-corrected chi connectivity index (χ2v) is 2.32. The second-order valence-electron chi connectivity index (χ2n) is 2.32. The fourth-order valence-electron chi connectivity index (χ4n) is 0.788. The van der Waals surface area contributed by atoms with Crippen molar-refractivity contribution in [2.75, 3.05) is 26.8 Å². The standard InChI is InChI=1S/C6H13N5O/c1-12-5-4-7-3-2-6-8-10-11-9-6/h7H,2-5H2,1H3,(H,8,9,10,11). The highest BCUT2D eigenvalue weighted by Crippen LogP contribution is 1.82. The monoisotopic (exact) mass is 171 g/mol. The molecular weight excluding hydrogens is 158 g/mol. The minimum Gasteiger partial charge on any atom is -0.383 e. The van der Waals surface area contributed by atoms with Gasteiger partial charge in [-0.1, -0.05) is 5.21 Å². The zero-order valence-corrected chi connectivity index (χ0v) is 7.08. The number of rotatable bonds is 6. The number of hydrogen-bond donors (Lipinski definition) is 2. The highest BCUT2D eigenvalue weighted by atomic mass is 16.5. The lowest BCUT2D eigenvalue weighted by Crippen LogP contribution is -2.22. The second kappa shape index (κ2) is 5.62. The molecule has 1 rings (SSSR count). The first-order valence-electron chi connectivity index (χ1n) is 3.85. The molecule has 0 radical (unpaired) electrons. The van der Waals surface area contributed by atoms with Crippen molar-refractivity contribution in [3.8, 4) is 0 Å². The zero-order chi connectivity index (χ0) is 8.65. The van der Waals surface area contributed by atoms with Crippen molar-refractivity contribution in [1.29, 1.82) is 0 Å². The Hall–Kier alpha value is -1.01. The Morgan fingerprint density at radius 1 is 1.50 bits per heavy atom. The Kier molecular flexibility index (Phi) is 4.25. The van der Waals surface area contributed by atoms with E-state index >= 15 is 0 Å². The summed E-state index contributed by atoms with van der Waals surface area (Å²) in [6, 6.07) is 0. The minimum atomic E-state index is 0.728. The van der Waals surface area contributed by atoms with Gasteiger partial charge in [-0.15, -0.1) is 10.2 Å². The smallest absolute Gasteiger partial charge is 0.175 e. The van der Waals surface area contributed by atoms with Gasteiger partial charge in [-0.25, -0.2) is 0 Å². The SMILES string of the molecule is COCCNCCc1nn[nH]n1. The molecule has 1 heterocycles. The first kappa shape index (κ1) is 9.08. The summed E-state index contributed by atoms with van der Waals surface area (Å²) in [7, 11) is 1.68. The largest absolute Gasteiger partial charge is 0.383 e. The number of hydrogen-bond acceptors (Lipinski definition) is 5. The van der Waals surface area contributed by atoms with Crippen molar-refractivity contribution in [1.82, 2.24) is 25.9 Å². The molecule has 0 bridgehead atoms. The lowest BCUT2D eigenvalue weighted by molar-refractivity contribution is 0.199. The van der Waals surface area contributed by atoms with E-state index in [2.05, 4.69) is 25.9 Å². The van der Waals surface area contributed by atoms with Gasteiger partial charge < -0.3 is 10.1 Å². The molecule has 2 N–H and O–H groups in total. The van der Waals surface area contributed by atoms with Gasteiger partial charge in [0.15, 0.2) is 5.82 Å². The first-order valence-corrected chi connectivity index (χ1v) is 3.85. The van der Waals surface area contributed by atoms with Crippen LogP contribution >= 0.6 is 0 Å². The van der Waals surface area contributed by atoms with Gasteiger partial charge in [0.05, 0.1) is 6.61 Å². The highest BCUT2D eigenvalue weighted by molar-refractivity contribution is 4.76. The van der Waals surface area contributed by atoms with Gasteiger partial charge in [0.1, 0.15) is 0 Å². The molecule has 0 saturated heterocycles. The number of nitrogens with one attached hydrogen (secondary N) is 2. The summed E-state index contributed by atoms with van der Waals surface area (Å²) >= 11 is 0. The Morgan fingerprint density at radius 3 is 3.08 bits per heavy atom. The van der Waals surface area contributed by atoms with Crippen molar-refractivity contribution in [2.45, 2.75) is 6.42 Å². The van der Waals surface area contributed by atoms with Gasteiger partial charge in [-0.3, -0.25) is 0 Å². The van der Waals surface area contributed by atoms with E-state index in [-0.39, 0.29) is 0 Å². The van der Waals surface area contributed by atoms with Crippen LogP contribution < -0.4 is 5.32 Å². The van der Waals surface area contributed by atoms with Crippen LogP contribution in [0.25, 0.3) is 0 Å². The predicted octanol–water partition coefficient (Wildman–Crippen LogP) is -1.02. The Bertz CT molecular complexity index is 188. The quantitative estimate of drug-likeness (QED) is 0.536. The van der Waals surface area contributed by atoms with Crippen molar-refractivity contribution in [2.24, 2.45) is 0 Å². The van der Waals surface area contributed by atoms with Crippen LogP contribution in [0.1, 0.15) is 5.82 Å². The van der Waals surface area contributed by atoms with Crippen molar-refractivity contribution < 1.29 is 4.74 Å². The topological polar surface area (TPSA) is 75.7 Å². The minimum absolute atomic E-state index is 0.728. The number of ether oxygens (including phenoxy) is 1. The van der Waals surface area contributed by atoms with Gasteiger partial charge in [-0.05, 0) is 0 Å². The van der Waals surface area contributed by atoms with Crippen LogP contribution in [0.15, 0.2) is 0 Å². The molecule has 6 nitrogen and oxygen atoms in total. The first-order chi connectivity index (χ1) is 5.93. The van der Waals surface area contributed by atoms with Crippen LogP contribution in [0.4, 0.5) is 0 Å². The van der Waals surface area contributed by atoms with E-state index in [9.17, 15) is 0 Å². The Labute approximate surface area is 70.7 Å². The van der Waals surface area contributed by atoms with Crippen molar-refractivity contribution in [3.05, 3.63) is 5.82 Å². The van der Waals surface area contributed by atoms with Crippen LogP contribution in [0.3, 0.4) is 0 Å². The summed E-state index contributed by atoms with van der Waals surface area (Å²) in [6.45, 7) is 2.43. The fourth-order valence-corrected chi connectivity index (χ4v) is 0.788.